The number of nitrogens with one attached hydrogen (secondary N) is 2. The molecule has 0 amide bonds. The summed E-state index contributed by atoms with van der Waals surface area (Å²) in [5, 5.41) is 6.97. The van der Waals surface area contributed by atoms with Crippen molar-refractivity contribution in [3.63, 3.8) is 0 Å². The van der Waals surface area contributed by atoms with Crippen molar-refractivity contribution >= 4 is 29.1 Å². The number of fused-ring (bicyclic) bond motifs is 2. The average molecular weight is 425 g/mol. The molecular weight excluding hydrogens is 396 g/mol. The highest BCUT2D eigenvalue weighted by Crippen LogP contribution is 2.41. The van der Waals surface area contributed by atoms with Crippen LogP contribution in [0.5, 0.6) is 5.75 Å². The van der Waals surface area contributed by atoms with E-state index in [-0.39, 0.29) is 0 Å². The lowest BCUT2D eigenvalue weighted by molar-refractivity contribution is 0.0613. The van der Waals surface area contributed by atoms with E-state index in [9.17, 15) is 0 Å². The van der Waals surface area contributed by atoms with Gasteiger partial charge in [-0.15, -0.1) is 0 Å². The Bertz CT molecular complexity index is 953. The Balaban J connectivity index is 1.27. The number of thioether (sulfide) groups is 1. The predicted molar refractivity (Wildman–Crippen MR) is 121 cm³/mol. The van der Waals surface area contributed by atoms with Crippen molar-refractivity contribution in [3.05, 3.63) is 35.2 Å². The van der Waals surface area contributed by atoms with Crippen LogP contribution in [0, 0.1) is 6.92 Å². The highest BCUT2D eigenvalue weighted by atomic mass is 32.2. The van der Waals surface area contributed by atoms with Gasteiger partial charge in [-0.05, 0) is 24.1 Å². The number of hydrogen-bond donors (Lipinski definition) is 2. The molecule has 0 spiro atoms. The second-order valence-electron chi connectivity index (χ2n) is 8.71. The first-order chi connectivity index (χ1) is 14.8. The van der Waals surface area contributed by atoms with E-state index in [1.807, 2.05) is 11.8 Å². The largest absolute Gasteiger partial charge is 0.486 e. The Kier molecular flexibility index (Phi) is 4.73. The summed E-state index contributed by atoms with van der Waals surface area (Å²) in [7, 11) is 0. The van der Waals surface area contributed by atoms with Gasteiger partial charge in [0.25, 0.3) is 0 Å². The first kappa shape index (κ1) is 18.7. The lowest BCUT2D eigenvalue weighted by Gasteiger charge is -2.48. The molecule has 0 unspecified atom stereocenters. The Labute approximate surface area is 181 Å². The SMILES string of the molecule is Cc1cc(C2CN(C3CNC3)C2)cc2c1OCc1c(ncnc1N1CCSCC1)N2. The number of hydrogen-bond acceptors (Lipinski definition) is 8. The van der Waals surface area contributed by atoms with Crippen molar-refractivity contribution < 1.29 is 4.74 Å². The topological polar surface area (TPSA) is 65.5 Å². The lowest BCUT2D eigenvalue weighted by atomic mass is 9.87. The van der Waals surface area contributed by atoms with Crippen LogP contribution in [0.4, 0.5) is 17.3 Å². The normalized spacial score (nSPS) is 22.1. The first-order valence-electron chi connectivity index (χ1n) is 10.9. The molecule has 0 atom stereocenters. The molecule has 7 nitrogen and oxygen atoms in total. The van der Waals surface area contributed by atoms with Crippen LogP contribution < -0.4 is 20.3 Å². The number of aryl methyl sites for hydroxylation is 1. The summed E-state index contributed by atoms with van der Waals surface area (Å²) in [4.78, 5) is 14.2. The summed E-state index contributed by atoms with van der Waals surface area (Å²) in [5.74, 6) is 5.73. The van der Waals surface area contributed by atoms with Gasteiger partial charge in [-0.3, -0.25) is 4.90 Å². The molecule has 0 radical (unpaired) electrons. The van der Waals surface area contributed by atoms with Gasteiger partial charge in [0.1, 0.15) is 30.3 Å². The highest BCUT2D eigenvalue weighted by molar-refractivity contribution is 7.99. The number of anilines is 3. The van der Waals surface area contributed by atoms with Gasteiger partial charge in [-0.1, -0.05) is 6.07 Å². The highest BCUT2D eigenvalue weighted by Gasteiger charge is 2.36. The van der Waals surface area contributed by atoms with Gasteiger partial charge in [0.2, 0.25) is 0 Å². The third kappa shape index (κ3) is 3.21. The molecule has 0 aliphatic carbocycles. The maximum atomic E-state index is 6.32. The molecule has 1 aromatic carbocycles. The molecule has 3 fully saturated rings. The van der Waals surface area contributed by atoms with Crippen molar-refractivity contribution in [2.24, 2.45) is 0 Å². The van der Waals surface area contributed by atoms with E-state index in [0.29, 0.717) is 12.5 Å². The minimum atomic E-state index is 0.501. The standard InChI is InChI=1S/C22H28N6OS/c1-14-6-15(16-10-28(11-16)17-8-23-9-17)7-19-20(14)29-12-18-21(26-19)24-13-25-22(18)27-2-4-30-5-3-27/h6-7,13,16-17,23H,2-5,8-12H2,1H3,(H,24,25,26). The quantitative estimate of drug-likeness (QED) is 0.779. The molecule has 8 heteroatoms. The van der Waals surface area contributed by atoms with Crippen LogP contribution in [0.2, 0.25) is 0 Å². The minimum absolute atomic E-state index is 0.501. The van der Waals surface area contributed by atoms with Crippen LogP contribution >= 0.6 is 11.8 Å². The molecule has 2 N–H and O–H groups in total. The summed E-state index contributed by atoms with van der Waals surface area (Å²) >= 11 is 2.01. The third-order valence-electron chi connectivity index (χ3n) is 6.80. The number of likely N-dealkylation sites (tertiary alicyclic amines) is 1. The predicted octanol–water partition coefficient (Wildman–Crippen LogP) is 2.35. The van der Waals surface area contributed by atoms with E-state index < -0.39 is 0 Å². The number of ether oxygens (including phenoxy) is 1. The molecule has 158 valence electrons. The van der Waals surface area contributed by atoms with Gasteiger partial charge in [0.15, 0.2) is 0 Å². The van der Waals surface area contributed by atoms with E-state index >= 15 is 0 Å². The molecule has 0 saturated carbocycles. The van der Waals surface area contributed by atoms with E-state index in [1.54, 1.807) is 6.33 Å². The monoisotopic (exact) mass is 424 g/mol. The minimum Gasteiger partial charge on any atom is -0.486 e. The first-order valence-corrected chi connectivity index (χ1v) is 12.1. The second-order valence-corrected chi connectivity index (χ2v) is 9.94. The summed E-state index contributed by atoms with van der Waals surface area (Å²) in [5.41, 5.74) is 4.69. The molecule has 6 rings (SSSR count). The van der Waals surface area contributed by atoms with Crippen LogP contribution in [0.25, 0.3) is 0 Å². The van der Waals surface area contributed by atoms with Crippen molar-refractivity contribution in [3.8, 4) is 5.75 Å². The van der Waals surface area contributed by atoms with Crippen molar-refractivity contribution in [1.82, 2.24) is 20.2 Å². The second kappa shape index (κ2) is 7.59. The molecule has 3 saturated heterocycles. The zero-order chi connectivity index (χ0) is 20.1. The smallest absolute Gasteiger partial charge is 0.146 e. The van der Waals surface area contributed by atoms with Crippen LogP contribution in [-0.2, 0) is 6.61 Å². The fraction of sp³-hybridized carbons (Fsp3) is 0.545. The molecular formula is C22H28N6OS. The summed E-state index contributed by atoms with van der Waals surface area (Å²) in [6, 6.07) is 5.32. The fourth-order valence-electron chi connectivity index (χ4n) is 4.84. The van der Waals surface area contributed by atoms with Crippen molar-refractivity contribution in [2.75, 3.05) is 61.0 Å². The Morgan fingerprint density at radius 3 is 2.73 bits per heavy atom. The Hall–Kier alpha value is -2.03. The molecule has 2 aromatic rings. The van der Waals surface area contributed by atoms with Crippen molar-refractivity contribution in [2.45, 2.75) is 25.5 Å². The van der Waals surface area contributed by atoms with E-state index in [0.717, 1.165) is 85.5 Å². The molecule has 30 heavy (non-hydrogen) atoms. The van der Waals surface area contributed by atoms with Gasteiger partial charge >= 0.3 is 0 Å². The van der Waals surface area contributed by atoms with E-state index in [1.165, 1.54) is 11.1 Å². The lowest BCUT2D eigenvalue weighted by Crippen LogP contribution is -2.63. The number of nitrogens with zero attached hydrogens (tertiary/aromatic N) is 4. The maximum absolute atomic E-state index is 6.32. The van der Waals surface area contributed by atoms with Gasteiger partial charge in [0, 0.05) is 62.7 Å². The molecule has 1 aromatic heterocycles. The molecule has 0 bridgehead atoms. The van der Waals surface area contributed by atoms with Gasteiger partial charge in [-0.2, -0.15) is 11.8 Å². The van der Waals surface area contributed by atoms with Crippen LogP contribution in [0.1, 0.15) is 22.6 Å². The summed E-state index contributed by atoms with van der Waals surface area (Å²) in [6.07, 6.45) is 1.68. The zero-order valence-corrected chi connectivity index (χ0v) is 18.2. The molecule has 5 heterocycles. The number of aromatic nitrogens is 2. The maximum Gasteiger partial charge on any atom is 0.146 e. The van der Waals surface area contributed by atoms with E-state index in [2.05, 4.69) is 49.5 Å². The zero-order valence-electron chi connectivity index (χ0n) is 17.4. The van der Waals surface area contributed by atoms with E-state index in [4.69, 9.17) is 4.74 Å². The van der Waals surface area contributed by atoms with Gasteiger partial charge < -0.3 is 20.3 Å². The number of rotatable bonds is 3. The van der Waals surface area contributed by atoms with Gasteiger partial charge in [-0.25, -0.2) is 9.97 Å². The summed E-state index contributed by atoms with van der Waals surface area (Å²) in [6.45, 7) is 9.29. The van der Waals surface area contributed by atoms with Crippen molar-refractivity contribution in [1.29, 1.82) is 0 Å². The number of benzene rings is 1. The summed E-state index contributed by atoms with van der Waals surface area (Å²) < 4.78 is 6.32. The van der Waals surface area contributed by atoms with Crippen LogP contribution in [0.15, 0.2) is 18.5 Å². The van der Waals surface area contributed by atoms with Crippen LogP contribution in [-0.4, -0.2) is 71.7 Å². The van der Waals surface area contributed by atoms with Gasteiger partial charge in [0.05, 0.1) is 11.3 Å². The Morgan fingerprint density at radius 2 is 1.97 bits per heavy atom. The average Bonchev–Trinajstić information content (AvgIpc) is 2.88. The fourth-order valence-corrected chi connectivity index (χ4v) is 5.74. The Morgan fingerprint density at radius 1 is 1.13 bits per heavy atom. The van der Waals surface area contributed by atoms with Crippen LogP contribution in [0.3, 0.4) is 0 Å². The third-order valence-corrected chi connectivity index (χ3v) is 7.74. The molecule has 4 aliphatic heterocycles. The molecule has 4 aliphatic rings.